The molecule has 1 rings (SSSR count). The van der Waals surface area contributed by atoms with Crippen molar-refractivity contribution in [1.29, 1.82) is 0 Å². The molecule has 0 aromatic rings. The van der Waals surface area contributed by atoms with Crippen LogP contribution in [0.25, 0.3) is 0 Å². The number of hydrogen-bond donors (Lipinski definition) is 3. The lowest BCUT2D eigenvalue weighted by Gasteiger charge is -2.26. The molecule has 1 fully saturated rings. The summed E-state index contributed by atoms with van der Waals surface area (Å²) in [7, 11) is 0. The van der Waals surface area contributed by atoms with Crippen LogP contribution in [0.15, 0.2) is 0 Å². The number of rotatable bonds is 10. The molecular weight excluding hydrogens is 434 g/mol. The van der Waals surface area contributed by atoms with Crippen molar-refractivity contribution >= 4 is 23.7 Å². The molecular formula is C26H47N3O5. The number of nitrogens with one attached hydrogen (secondary N) is 3. The molecule has 4 atom stereocenters. The van der Waals surface area contributed by atoms with Gasteiger partial charge < -0.3 is 20.7 Å². The number of cyclic esters (lactones) is 1. The number of hydrogen-bond acceptors (Lipinski definition) is 5. The fraction of sp³-hybridized carbons (Fsp3) is 0.846. The van der Waals surface area contributed by atoms with E-state index in [4.69, 9.17) is 4.74 Å². The first-order chi connectivity index (χ1) is 15.9. The van der Waals surface area contributed by atoms with Gasteiger partial charge in [0.15, 0.2) is 0 Å². The zero-order valence-electron chi connectivity index (χ0n) is 22.2. The smallest absolute Gasteiger partial charge is 0.328 e. The Hall–Kier alpha value is -2.12. The van der Waals surface area contributed by atoms with E-state index in [1.807, 2.05) is 41.5 Å². The number of carbonyl (C=O) groups excluding carboxylic acids is 4. The average molecular weight is 482 g/mol. The highest BCUT2D eigenvalue weighted by Crippen LogP contribution is 2.17. The highest BCUT2D eigenvalue weighted by Gasteiger charge is 2.33. The third-order valence-corrected chi connectivity index (χ3v) is 5.83. The van der Waals surface area contributed by atoms with E-state index in [1.165, 1.54) is 0 Å². The molecule has 0 bridgehead atoms. The lowest BCUT2D eigenvalue weighted by molar-refractivity contribution is -0.155. The number of carbonyl (C=O) groups is 4. The largest absolute Gasteiger partial charge is 0.460 e. The third-order valence-electron chi connectivity index (χ3n) is 5.83. The van der Waals surface area contributed by atoms with Gasteiger partial charge in [-0.25, -0.2) is 4.79 Å². The molecule has 0 aliphatic carbocycles. The predicted molar refractivity (Wildman–Crippen MR) is 133 cm³/mol. The summed E-state index contributed by atoms with van der Waals surface area (Å²) in [6.07, 6.45) is 4.05. The average Bonchev–Trinajstić information content (AvgIpc) is 2.70. The highest BCUT2D eigenvalue weighted by molar-refractivity contribution is 5.94. The standard InChI is InChI=1S/C26H47N3O5/c1-8-9-10-11-19-15-23(30)27-20(12-16(2)3)24(31)28-21(13-17(4)5)25(32)29-22(14-18(6)7)26(33)34-19/h16-22H,8-15H2,1-7H3,(H,27,30)(H,28,31)(H,29,32)/t19?,20-,21+,22+/m1/s1. The molecule has 0 radical (unpaired) electrons. The summed E-state index contributed by atoms with van der Waals surface area (Å²) in [6, 6.07) is -2.39. The minimum absolute atomic E-state index is 0.00486. The summed E-state index contributed by atoms with van der Waals surface area (Å²) in [5, 5.41) is 8.50. The minimum Gasteiger partial charge on any atom is -0.460 e. The maximum atomic E-state index is 13.2. The molecule has 0 aromatic carbocycles. The maximum absolute atomic E-state index is 13.2. The number of unbranched alkanes of at least 4 members (excludes halogenated alkanes) is 2. The highest BCUT2D eigenvalue weighted by atomic mass is 16.5. The fourth-order valence-corrected chi connectivity index (χ4v) is 4.17. The van der Waals surface area contributed by atoms with E-state index in [2.05, 4.69) is 22.9 Å². The van der Waals surface area contributed by atoms with Gasteiger partial charge in [0.05, 0.1) is 6.42 Å². The molecule has 1 aliphatic rings. The van der Waals surface area contributed by atoms with Gasteiger partial charge in [-0.05, 0) is 49.9 Å². The normalized spacial score (nSPS) is 25.2. The van der Waals surface area contributed by atoms with Crippen molar-refractivity contribution < 1.29 is 23.9 Å². The van der Waals surface area contributed by atoms with E-state index < -0.39 is 36.1 Å². The van der Waals surface area contributed by atoms with Gasteiger partial charge in [0.25, 0.3) is 0 Å². The van der Waals surface area contributed by atoms with Crippen molar-refractivity contribution in [1.82, 2.24) is 16.0 Å². The van der Waals surface area contributed by atoms with E-state index in [1.54, 1.807) is 0 Å². The van der Waals surface area contributed by atoms with Crippen LogP contribution in [0, 0.1) is 17.8 Å². The molecule has 196 valence electrons. The van der Waals surface area contributed by atoms with Gasteiger partial charge in [-0.2, -0.15) is 0 Å². The molecule has 0 aromatic heterocycles. The summed E-state index contributed by atoms with van der Waals surface area (Å²) in [6.45, 7) is 13.9. The molecule has 1 unspecified atom stereocenters. The fourth-order valence-electron chi connectivity index (χ4n) is 4.17. The molecule has 0 saturated carbocycles. The predicted octanol–water partition coefficient (Wildman–Crippen LogP) is 3.47. The SMILES string of the molecule is CCCCCC1CC(=O)N[C@H](CC(C)C)C(=O)N[C@@H](CC(C)C)C(=O)N[C@@H](CC(C)C)C(=O)O1. The Morgan fingerprint density at radius 3 is 1.71 bits per heavy atom. The van der Waals surface area contributed by atoms with Gasteiger partial charge in [-0.15, -0.1) is 0 Å². The second kappa shape index (κ2) is 15.0. The molecule has 0 spiro atoms. The van der Waals surface area contributed by atoms with Crippen LogP contribution in [0.2, 0.25) is 0 Å². The summed E-state index contributed by atoms with van der Waals surface area (Å²) < 4.78 is 5.78. The Kier molecular flexibility index (Phi) is 13.2. The lowest BCUT2D eigenvalue weighted by atomic mass is 9.99. The van der Waals surface area contributed by atoms with Crippen LogP contribution in [0.3, 0.4) is 0 Å². The van der Waals surface area contributed by atoms with Crippen molar-refractivity contribution in [3.05, 3.63) is 0 Å². The molecule has 1 saturated heterocycles. The monoisotopic (exact) mass is 481 g/mol. The molecule has 34 heavy (non-hydrogen) atoms. The van der Waals surface area contributed by atoms with E-state index in [0.717, 1.165) is 19.3 Å². The van der Waals surface area contributed by atoms with Crippen LogP contribution < -0.4 is 16.0 Å². The Bertz CT molecular complexity index is 677. The van der Waals surface area contributed by atoms with Crippen LogP contribution in [-0.4, -0.2) is 47.9 Å². The summed E-state index contributed by atoms with van der Waals surface area (Å²) in [4.78, 5) is 52.3. The van der Waals surface area contributed by atoms with Crippen LogP contribution in [0.5, 0.6) is 0 Å². The molecule has 8 nitrogen and oxygen atoms in total. The molecule has 8 heteroatoms. The van der Waals surface area contributed by atoms with E-state index in [-0.39, 0.29) is 36.0 Å². The Morgan fingerprint density at radius 2 is 1.21 bits per heavy atom. The number of esters is 1. The van der Waals surface area contributed by atoms with Gasteiger partial charge in [0.2, 0.25) is 17.7 Å². The van der Waals surface area contributed by atoms with Gasteiger partial charge in [-0.1, -0.05) is 61.3 Å². The van der Waals surface area contributed by atoms with Crippen molar-refractivity contribution in [2.45, 2.75) is 124 Å². The van der Waals surface area contributed by atoms with Crippen LogP contribution in [-0.2, 0) is 23.9 Å². The number of amides is 3. The Labute approximate surface area is 205 Å². The molecule has 1 aliphatic heterocycles. The first-order valence-electron chi connectivity index (χ1n) is 13.0. The van der Waals surface area contributed by atoms with Crippen molar-refractivity contribution in [2.75, 3.05) is 0 Å². The first kappa shape index (κ1) is 29.9. The summed E-state index contributed by atoms with van der Waals surface area (Å²) >= 11 is 0. The van der Waals surface area contributed by atoms with Crippen molar-refractivity contribution in [3.63, 3.8) is 0 Å². The molecule has 3 amide bonds. The van der Waals surface area contributed by atoms with E-state index in [9.17, 15) is 19.2 Å². The topological polar surface area (TPSA) is 114 Å². The third kappa shape index (κ3) is 11.3. The van der Waals surface area contributed by atoms with Gasteiger partial charge in [-0.3, -0.25) is 14.4 Å². The minimum atomic E-state index is -0.831. The second-order valence-corrected chi connectivity index (χ2v) is 10.9. The summed E-state index contributed by atoms with van der Waals surface area (Å²) in [5.74, 6) is -1.18. The van der Waals surface area contributed by atoms with Crippen LogP contribution in [0.4, 0.5) is 0 Å². The lowest BCUT2D eigenvalue weighted by Crippen LogP contribution is -2.56. The zero-order valence-corrected chi connectivity index (χ0v) is 22.2. The molecule has 3 N–H and O–H groups in total. The molecule has 1 heterocycles. The van der Waals surface area contributed by atoms with E-state index in [0.29, 0.717) is 25.7 Å². The quantitative estimate of drug-likeness (QED) is 0.327. The summed E-state index contributed by atoms with van der Waals surface area (Å²) in [5.41, 5.74) is 0. The van der Waals surface area contributed by atoms with Crippen LogP contribution in [0.1, 0.15) is 99.8 Å². The van der Waals surface area contributed by atoms with Crippen molar-refractivity contribution in [2.24, 2.45) is 17.8 Å². The Balaban J connectivity index is 3.30. The van der Waals surface area contributed by atoms with Crippen molar-refractivity contribution in [3.8, 4) is 0 Å². The van der Waals surface area contributed by atoms with Gasteiger partial charge in [0, 0.05) is 0 Å². The maximum Gasteiger partial charge on any atom is 0.328 e. The van der Waals surface area contributed by atoms with Crippen LogP contribution >= 0.6 is 0 Å². The first-order valence-corrected chi connectivity index (χ1v) is 13.0. The second-order valence-electron chi connectivity index (χ2n) is 10.9. The van der Waals surface area contributed by atoms with Gasteiger partial charge in [0.1, 0.15) is 24.2 Å². The van der Waals surface area contributed by atoms with E-state index >= 15 is 0 Å². The van der Waals surface area contributed by atoms with Gasteiger partial charge >= 0.3 is 5.97 Å². The Morgan fingerprint density at radius 1 is 0.735 bits per heavy atom. The zero-order chi connectivity index (χ0) is 25.8. The number of ether oxygens (including phenoxy) is 1.